The van der Waals surface area contributed by atoms with Gasteiger partial charge in [0, 0.05) is 11.1 Å². The van der Waals surface area contributed by atoms with Gasteiger partial charge in [-0.1, -0.05) is 11.6 Å². The van der Waals surface area contributed by atoms with Gasteiger partial charge in [0.1, 0.15) is 5.75 Å². The number of primary amides is 1. The Kier molecular flexibility index (Phi) is 4.64. The average Bonchev–Trinajstić information content (AvgIpc) is 3.20. The largest absolute Gasteiger partial charge is 0.483 e. The van der Waals surface area contributed by atoms with Crippen LogP contribution < -0.4 is 21.1 Å². The van der Waals surface area contributed by atoms with Crippen molar-refractivity contribution in [3.8, 4) is 5.75 Å². The van der Waals surface area contributed by atoms with E-state index in [0.29, 0.717) is 5.02 Å². The van der Waals surface area contributed by atoms with Crippen molar-refractivity contribution in [3.63, 3.8) is 0 Å². The summed E-state index contributed by atoms with van der Waals surface area (Å²) in [6, 6.07) is 3.87. The Morgan fingerprint density at radius 2 is 2.05 bits per heavy atom. The van der Waals surface area contributed by atoms with Crippen LogP contribution >= 0.6 is 11.6 Å². The quantitative estimate of drug-likeness (QED) is 0.747. The second-order valence-electron chi connectivity index (χ2n) is 4.59. The highest BCUT2D eigenvalue weighted by Crippen LogP contribution is 2.22. The summed E-state index contributed by atoms with van der Waals surface area (Å²) in [7, 11) is 0. The van der Waals surface area contributed by atoms with Crippen LogP contribution in [0, 0.1) is 0 Å². The number of urea groups is 1. The molecule has 0 heterocycles. The number of imide groups is 1. The van der Waals surface area contributed by atoms with E-state index in [2.05, 4.69) is 10.6 Å². The first-order chi connectivity index (χ1) is 9.95. The first kappa shape index (κ1) is 15.1. The van der Waals surface area contributed by atoms with E-state index in [1.54, 1.807) is 0 Å². The van der Waals surface area contributed by atoms with Gasteiger partial charge in [-0.3, -0.25) is 14.9 Å². The Hall–Kier alpha value is -2.28. The predicted octanol–water partition coefficient (Wildman–Crippen LogP) is 0.806. The lowest BCUT2D eigenvalue weighted by atomic mass is 10.2. The fraction of sp³-hybridized carbons (Fsp3) is 0.308. The molecule has 0 atom stereocenters. The maximum absolute atomic E-state index is 11.5. The molecule has 112 valence electrons. The van der Waals surface area contributed by atoms with Crippen molar-refractivity contribution in [2.75, 3.05) is 6.61 Å². The molecule has 8 heteroatoms. The Morgan fingerprint density at radius 3 is 2.67 bits per heavy atom. The molecule has 0 radical (unpaired) electrons. The highest BCUT2D eigenvalue weighted by atomic mass is 35.5. The molecule has 1 aromatic rings. The fourth-order valence-corrected chi connectivity index (χ4v) is 1.75. The molecule has 0 bridgehead atoms. The molecule has 1 fully saturated rings. The molecule has 1 aliphatic rings. The molecule has 0 aromatic heterocycles. The highest BCUT2D eigenvalue weighted by molar-refractivity contribution is 6.31. The van der Waals surface area contributed by atoms with E-state index in [4.69, 9.17) is 22.1 Å². The number of hydrogen-bond donors (Lipinski definition) is 3. The molecule has 1 saturated carbocycles. The topological polar surface area (TPSA) is 111 Å². The maximum atomic E-state index is 11.5. The van der Waals surface area contributed by atoms with Gasteiger partial charge >= 0.3 is 6.03 Å². The minimum atomic E-state index is -0.723. The van der Waals surface area contributed by atoms with E-state index in [1.807, 2.05) is 0 Å². The van der Waals surface area contributed by atoms with E-state index in [9.17, 15) is 14.4 Å². The van der Waals surface area contributed by atoms with Gasteiger partial charge in [-0.25, -0.2) is 4.79 Å². The average molecular weight is 312 g/mol. The lowest BCUT2D eigenvalue weighted by molar-refractivity contribution is -0.122. The zero-order valence-electron chi connectivity index (χ0n) is 11.0. The van der Waals surface area contributed by atoms with E-state index in [-0.39, 0.29) is 17.4 Å². The standard InChI is InChI=1S/C13H14ClN3O4/c14-7-1-4-10(9(5-7)12(15)19)21-6-11(18)17-13(20)16-8-2-3-8/h1,4-5,8H,2-3,6H2,(H2,15,19)(H2,16,17,18,20). The zero-order chi connectivity index (χ0) is 15.4. The fourth-order valence-electron chi connectivity index (χ4n) is 1.58. The van der Waals surface area contributed by atoms with Crippen LogP contribution in [0.3, 0.4) is 0 Å². The highest BCUT2D eigenvalue weighted by Gasteiger charge is 2.24. The van der Waals surface area contributed by atoms with E-state index in [1.165, 1.54) is 18.2 Å². The summed E-state index contributed by atoms with van der Waals surface area (Å²) in [5.74, 6) is -1.22. The van der Waals surface area contributed by atoms with Crippen molar-refractivity contribution >= 4 is 29.4 Å². The molecule has 21 heavy (non-hydrogen) atoms. The Labute approximate surface area is 125 Å². The number of amides is 4. The summed E-state index contributed by atoms with van der Waals surface area (Å²) >= 11 is 5.75. The van der Waals surface area contributed by atoms with Gasteiger partial charge < -0.3 is 15.8 Å². The third-order valence-electron chi connectivity index (χ3n) is 2.73. The van der Waals surface area contributed by atoms with Crippen molar-refractivity contribution in [1.82, 2.24) is 10.6 Å². The Morgan fingerprint density at radius 1 is 1.33 bits per heavy atom. The summed E-state index contributed by atoms with van der Waals surface area (Å²) in [6.45, 7) is -0.417. The number of rotatable bonds is 5. The Balaban J connectivity index is 1.88. The number of benzene rings is 1. The summed E-state index contributed by atoms with van der Waals surface area (Å²) in [5.41, 5.74) is 5.26. The zero-order valence-corrected chi connectivity index (χ0v) is 11.8. The number of nitrogens with one attached hydrogen (secondary N) is 2. The van der Waals surface area contributed by atoms with Gasteiger partial charge in [-0.15, -0.1) is 0 Å². The molecule has 0 saturated heterocycles. The van der Waals surface area contributed by atoms with Crippen LogP contribution in [0.4, 0.5) is 4.79 Å². The maximum Gasteiger partial charge on any atom is 0.321 e. The molecule has 2 rings (SSSR count). The first-order valence-corrected chi connectivity index (χ1v) is 6.66. The number of ether oxygens (including phenoxy) is 1. The van der Waals surface area contributed by atoms with E-state index >= 15 is 0 Å². The lowest BCUT2D eigenvalue weighted by Gasteiger charge is -2.10. The Bertz CT molecular complexity index is 587. The molecule has 0 unspecified atom stereocenters. The smallest absolute Gasteiger partial charge is 0.321 e. The minimum Gasteiger partial charge on any atom is -0.483 e. The molecule has 4 N–H and O–H groups in total. The molecular formula is C13H14ClN3O4. The second kappa shape index (κ2) is 6.45. The van der Waals surface area contributed by atoms with Gasteiger partial charge in [0.05, 0.1) is 5.56 Å². The summed E-state index contributed by atoms with van der Waals surface area (Å²) in [5, 5.41) is 5.05. The van der Waals surface area contributed by atoms with Crippen molar-refractivity contribution < 1.29 is 19.1 Å². The number of hydrogen-bond acceptors (Lipinski definition) is 4. The van der Waals surface area contributed by atoms with Crippen LogP contribution in [-0.2, 0) is 4.79 Å². The minimum absolute atomic E-state index is 0.0673. The molecular weight excluding hydrogens is 298 g/mol. The van der Waals surface area contributed by atoms with Crippen LogP contribution in [0.2, 0.25) is 5.02 Å². The summed E-state index contributed by atoms with van der Waals surface area (Å²) in [6.07, 6.45) is 1.84. The van der Waals surface area contributed by atoms with Crippen LogP contribution in [0.1, 0.15) is 23.2 Å². The SMILES string of the molecule is NC(=O)c1cc(Cl)ccc1OCC(=O)NC(=O)NC1CC1. The molecule has 1 aromatic carbocycles. The van der Waals surface area contributed by atoms with E-state index < -0.39 is 24.5 Å². The van der Waals surface area contributed by atoms with Crippen molar-refractivity contribution in [2.24, 2.45) is 5.73 Å². The first-order valence-electron chi connectivity index (χ1n) is 6.28. The molecule has 0 spiro atoms. The van der Waals surface area contributed by atoms with Crippen molar-refractivity contribution in [2.45, 2.75) is 18.9 Å². The third kappa shape index (κ3) is 4.64. The normalized spacial score (nSPS) is 13.4. The van der Waals surface area contributed by atoms with Gasteiger partial charge in [0.25, 0.3) is 11.8 Å². The number of nitrogens with two attached hydrogens (primary N) is 1. The third-order valence-corrected chi connectivity index (χ3v) is 2.97. The van der Waals surface area contributed by atoms with Gasteiger partial charge in [0.2, 0.25) is 0 Å². The number of halogens is 1. The number of carbonyl (C=O) groups is 3. The number of carbonyl (C=O) groups excluding carboxylic acids is 3. The summed E-state index contributed by atoms with van der Waals surface area (Å²) in [4.78, 5) is 34.1. The van der Waals surface area contributed by atoms with Crippen molar-refractivity contribution in [3.05, 3.63) is 28.8 Å². The summed E-state index contributed by atoms with van der Waals surface area (Å²) < 4.78 is 5.19. The van der Waals surface area contributed by atoms with E-state index in [0.717, 1.165) is 12.8 Å². The molecule has 0 aliphatic heterocycles. The van der Waals surface area contributed by atoms with Crippen LogP contribution in [0.5, 0.6) is 5.75 Å². The molecule has 7 nitrogen and oxygen atoms in total. The second-order valence-corrected chi connectivity index (χ2v) is 5.03. The lowest BCUT2D eigenvalue weighted by Crippen LogP contribution is -2.42. The van der Waals surface area contributed by atoms with Gasteiger partial charge in [-0.05, 0) is 31.0 Å². The monoisotopic (exact) mass is 311 g/mol. The van der Waals surface area contributed by atoms with Gasteiger partial charge in [-0.2, -0.15) is 0 Å². The van der Waals surface area contributed by atoms with Gasteiger partial charge in [0.15, 0.2) is 6.61 Å². The van der Waals surface area contributed by atoms with Crippen LogP contribution in [0.15, 0.2) is 18.2 Å². The molecule has 4 amide bonds. The predicted molar refractivity (Wildman–Crippen MR) is 75.2 cm³/mol. The van der Waals surface area contributed by atoms with Crippen molar-refractivity contribution in [1.29, 1.82) is 0 Å². The van der Waals surface area contributed by atoms with Crippen LogP contribution in [-0.4, -0.2) is 30.5 Å². The molecule has 1 aliphatic carbocycles. The van der Waals surface area contributed by atoms with Crippen LogP contribution in [0.25, 0.3) is 0 Å².